The average Bonchev–Trinajstić information content (AvgIpc) is 2.75. The number of hydrogen-bond acceptors (Lipinski definition) is 2. The highest BCUT2D eigenvalue weighted by Gasteiger charge is 2.19. The molecule has 0 aromatic carbocycles. The molecule has 1 saturated heterocycles. The third kappa shape index (κ3) is 3.74. The molecule has 1 fully saturated rings. The number of aryl methyl sites for hydroxylation is 1. The molecule has 0 N–H and O–H groups in total. The Morgan fingerprint density at radius 3 is 2.95 bits per heavy atom. The van der Waals surface area contributed by atoms with Crippen molar-refractivity contribution in [1.82, 2.24) is 9.47 Å². The number of halogens is 1. The monoisotopic (exact) mass is 284 g/mol. The number of aromatic nitrogens is 1. The molecule has 2 heterocycles. The standard InChI is InChI=1S/C14H21ClN2O2/c1-16(7-6-12-5-3-4-8-19-12)14(18)13-9-11(15)10-17(13)2/h9-10,12H,3-8H2,1-2H3. The second kappa shape index (κ2) is 6.44. The zero-order valence-corrected chi connectivity index (χ0v) is 12.3. The van der Waals surface area contributed by atoms with Crippen LogP contribution in [0.5, 0.6) is 0 Å². The van der Waals surface area contributed by atoms with Gasteiger partial charge in [0.15, 0.2) is 0 Å². The molecule has 0 saturated carbocycles. The van der Waals surface area contributed by atoms with E-state index < -0.39 is 0 Å². The molecular weight excluding hydrogens is 264 g/mol. The molecule has 1 aromatic heterocycles. The van der Waals surface area contributed by atoms with Crippen molar-refractivity contribution in [3.63, 3.8) is 0 Å². The van der Waals surface area contributed by atoms with Gasteiger partial charge in [0, 0.05) is 33.4 Å². The largest absolute Gasteiger partial charge is 0.378 e. The van der Waals surface area contributed by atoms with Crippen molar-refractivity contribution in [2.45, 2.75) is 31.8 Å². The Labute approximate surface area is 119 Å². The fraction of sp³-hybridized carbons (Fsp3) is 0.643. The molecule has 4 nitrogen and oxygen atoms in total. The van der Waals surface area contributed by atoms with Gasteiger partial charge in [-0.3, -0.25) is 4.79 Å². The average molecular weight is 285 g/mol. The van der Waals surface area contributed by atoms with Gasteiger partial charge in [-0.1, -0.05) is 11.6 Å². The lowest BCUT2D eigenvalue weighted by molar-refractivity contribution is 0.00704. The molecule has 1 unspecified atom stereocenters. The van der Waals surface area contributed by atoms with E-state index in [9.17, 15) is 4.79 Å². The summed E-state index contributed by atoms with van der Waals surface area (Å²) in [7, 11) is 3.66. The van der Waals surface area contributed by atoms with Crippen LogP contribution in [0.1, 0.15) is 36.2 Å². The van der Waals surface area contributed by atoms with Gasteiger partial charge in [0.25, 0.3) is 5.91 Å². The van der Waals surface area contributed by atoms with E-state index in [1.165, 1.54) is 6.42 Å². The molecular formula is C14H21ClN2O2. The molecule has 106 valence electrons. The maximum absolute atomic E-state index is 12.3. The molecule has 0 aliphatic carbocycles. The van der Waals surface area contributed by atoms with Crippen LogP contribution in [-0.4, -0.2) is 41.7 Å². The normalized spacial score (nSPS) is 19.4. The SMILES string of the molecule is CN(CCC1CCCCO1)C(=O)c1cc(Cl)cn1C. The van der Waals surface area contributed by atoms with E-state index in [2.05, 4.69) is 0 Å². The molecule has 1 aliphatic rings. The maximum Gasteiger partial charge on any atom is 0.270 e. The van der Waals surface area contributed by atoms with Crippen LogP contribution in [0.2, 0.25) is 5.02 Å². The summed E-state index contributed by atoms with van der Waals surface area (Å²) in [5, 5.41) is 0.592. The number of carbonyl (C=O) groups excluding carboxylic acids is 1. The number of ether oxygens (including phenoxy) is 1. The minimum absolute atomic E-state index is 0.00482. The summed E-state index contributed by atoms with van der Waals surface area (Å²) < 4.78 is 7.44. The first-order valence-electron chi connectivity index (χ1n) is 6.77. The van der Waals surface area contributed by atoms with Crippen molar-refractivity contribution in [2.24, 2.45) is 7.05 Å². The fourth-order valence-electron chi connectivity index (χ4n) is 2.41. The van der Waals surface area contributed by atoms with Gasteiger partial charge in [-0.2, -0.15) is 0 Å². The van der Waals surface area contributed by atoms with Gasteiger partial charge in [-0.15, -0.1) is 0 Å². The van der Waals surface area contributed by atoms with Gasteiger partial charge in [-0.25, -0.2) is 0 Å². The van der Waals surface area contributed by atoms with Gasteiger partial charge in [-0.05, 0) is 31.7 Å². The summed E-state index contributed by atoms with van der Waals surface area (Å²) in [5.41, 5.74) is 0.622. The lowest BCUT2D eigenvalue weighted by Crippen LogP contribution is -2.32. The summed E-state index contributed by atoms with van der Waals surface area (Å²) in [4.78, 5) is 14.0. The van der Waals surface area contributed by atoms with Crippen molar-refractivity contribution in [1.29, 1.82) is 0 Å². The lowest BCUT2D eigenvalue weighted by atomic mass is 10.1. The van der Waals surface area contributed by atoms with Crippen LogP contribution in [0, 0.1) is 0 Å². The molecule has 0 bridgehead atoms. The smallest absolute Gasteiger partial charge is 0.270 e. The second-order valence-electron chi connectivity index (χ2n) is 5.16. The van der Waals surface area contributed by atoms with Crippen molar-refractivity contribution in [3.05, 3.63) is 23.0 Å². The van der Waals surface area contributed by atoms with Gasteiger partial charge in [0.1, 0.15) is 5.69 Å². The molecule has 1 aromatic rings. The highest BCUT2D eigenvalue weighted by Crippen LogP contribution is 2.17. The van der Waals surface area contributed by atoms with Crippen LogP contribution in [0.25, 0.3) is 0 Å². The summed E-state index contributed by atoms with van der Waals surface area (Å²) >= 11 is 5.90. The van der Waals surface area contributed by atoms with Gasteiger partial charge < -0.3 is 14.2 Å². The van der Waals surface area contributed by atoms with Crippen molar-refractivity contribution in [3.8, 4) is 0 Å². The first-order valence-corrected chi connectivity index (χ1v) is 7.14. The third-order valence-corrected chi connectivity index (χ3v) is 3.80. The molecule has 1 aliphatic heterocycles. The van der Waals surface area contributed by atoms with Crippen LogP contribution in [-0.2, 0) is 11.8 Å². The van der Waals surface area contributed by atoms with Crippen molar-refractivity contribution >= 4 is 17.5 Å². The highest BCUT2D eigenvalue weighted by molar-refractivity contribution is 6.31. The molecule has 2 rings (SSSR count). The summed E-state index contributed by atoms with van der Waals surface area (Å²) in [5.74, 6) is 0.00482. The van der Waals surface area contributed by atoms with E-state index in [0.717, 1.165) is 25.9 Å². The maximum atomic E-state index is 12.3. The van der Waals surface area contributed by atoms with Crippen molar-refractivity contribution < 1.29 is 9.53 Å². The van der Waals surface area contributed by atoms with Gasteiger partial charge in [0.2, 0.25) is 0 Å². The number of carbonyl (C=O) groups is 1. The molecule has 0 spiro atoms. The number of nitrogens with zero attached hydrogens (tertiary/aromatic N) is 2. The van der Waals surface area contributed by atoms with Gasteiger partial charge >= 0.3 is 0 Å². The molecule has 5 heteroatoms. The molecule has 0 radical (unpaired) electrons. The van der Waals surface area contributed by atoms with Crippen LogP contribution in [0.15, 0.2) is 12.3 Å². The predicted molar refractivity (Wildman–Crippen MR) is 75.6 cm³/mol. The molecule has 1 amide bonds. The Balaban J connectivity index is 1.86. The number of hydrogen-bond donors (Lipinski definition) is 0. The van der Waals surface area contributed by atoms with Crippen LogP contribution >= 0.6 is 11.6 Å². The highest BCUT2D eigenvalue weighted by atomic mass is 35.5. The van der Waals surface area contributed by atoms with E-state index >= 15 is 0 Å². The first kappa shape index (κ1) is 14.4. The number of rotatable bonds is 4. The third-order valence-electron chi connectivity index (χ3n) is 3.60. The molecule has 1 atom stereocenters. The zero-order chi connectivity index (χ0) is 13.8. The van der Waals surface area contributed by atoms with E-state index in [4.69, 9.17) is 16.3 Å². The Hall–Kier alpha value is -1.00. The van der Waals surface area contributed by atoms with Crippen LogP contribution < -0.4 is 0 Å². The number of amides is 1. The van der Waals surface area contributed by atoms with Crippen LogP contribution in [0.3, 0.4) is 0 Å². The summed E-state index contributed by atoms with van der Waals surface area (Å²) in [6, 6.07) is 1.71. The Morgan fingerprint density at radius 2 is 2.37 bits per heavy atom. The minimum Gasteiger partial charge on any atom is -0.378 e. The van der Waals surface area contributed by atoms with E-state index in [0.29, 0.717) is 23.4 Å². The minimum atomic E-state index is 0.00482. The van der Waals surface area contributed by atoms with E-state index in [1.807, 2.05) is 14.1 Å². The van der Waals surface area contributed by atoms with E-state index in [-0.39, 0.29) is 5.91 Å². The summed E-state index contributed by atoms with van der Waals surface area (Å²) in [6.45, 7) is 1.57. The second-order valence-corrected chi connectivity index (χ2v) is 5.59. The van der Waals surface area contributed by atoms with Crippen molar-refractivity contribution in [2.75, 3.05) is 20.2 Å². The summed E-state index contributed by atoms with van der Waals surface area (Å²) in [6.07, 6.45) is 6.45. The predicted octanol–water partition coefficient (Wildman–Crippen LogP) is 2.71. The topological polar surface area (TPSA) is 34.5 Å². The van der Waals surface area contributed by atoms with Crippen LogP contribution in [0.4, 0.5) is 0 Å². The lowest BCUT2D eigenvalue weighted by Gasteiger charge is -2.25. The Morgan fingerprint density at radius 1 is 1.58 bits per heavy atom. The Kier molecular flexibility index (Phi) is 4.88. The van der Waals surface area contributed by atoms with E-state index in [1.54, 1.807) is 21.7 Å². The quantitative estimate of drug-likeness (QED) is 0.852. The Bertz CT molecular complexity index is 439. The zero-order valence-electron chi connectivity index (χ0n) is 11.6. The first-order chi connectivity index (χ1) is 9.08. The fourth-order valence-corrected chi connectivity index (χ4v) is 2.66. The molecule has 19 heavy (non-hydrogen) atoms. The van der Waals surface area contributed by atoms with Gasteiger partial charge in [0.05, 0.1) is 11.1 Å².